The lowest BCUT2D eigenvalue weighted by atomic mass is 10.0. The van der Waals surface area contributed by atoms with E-state index in [1.165, 1.54) is 0 Å². The number of aliphatic hydroxyl groups is 5. The standard InChI is InChI=1S/C13H15F3N2O5/c14-13(15,16)5-1-2-6-7(3-5)18-12(17-6)11(23)10(22)9(21)8(20)4-19/h1-3,8-11,19-23H,4H2,(H,17,18)/t8?,9-,10?,11-/m1/s1. The first kappa shape index (κ1) is 17.6. The molecule has 0 saturated carbocycles. The minimum absolute atomic E-state index is 0.0849. The zero-order chi connectivity index (χ0) is 17.4. The van der Waals surface area contributed by atoms with E-state index in [9.17, 15) is 33.6 Å². The molecule has 2 rings (SSSR count). The highest BCUT2D eigenvalue weighted by Gasteiger charge is 2.33. The van der Waals surface area contributed by atoms with Crippen molar-refractivity contribution in [3.05, 3.63) is 29.6 Å². The van der Waals surface area contributed by atoms with Crippen LogP contribution in [0, 0.1) is 0 Å². The summed E-state index contributed by atoms with van der Waals surface area (Å²) in [4.78, 5) is 6.28. The van der Waals surface area contributed by atoms with Crippen LogP contribution in [0.15, 0.2) is 18.2 Å². The number of hydrogen-bond acceptors (Lipinski definition) is 6. The molecule has 128 valence electrons. The summed E-state index contributed by atoms with van der Waals surface area (Å²) >= 11 is 0. The van der Waals surface area contributed by atoms with E-state index in [4.69, 9.17) is 5.11 Å². The van der Waals surface area contributed by atoms with Crippen LogP contribution in [-0.2, 0) is 6.18 Å². The maximum Gasteiger partial charge on any atom is 0.416 e. The van der Waals surface area contributed by atoms with Crippen LogP contribution < -0.4 is 0 Å². The van der Waals surface area contributed by atoms with Crippen LogP contribution in [0.3, 0.4) is 0 Å². The molecule has 23 heavy (non-hydrogen) atoms. The Morgan fingerprint density at radius 3 is 2.30 bits per heavy atom. The Morgan fingerprint density at radius 2 is 1.74 bits per heavy atom. The van der Waals surface area contributed by atoms with Gasteiger partial charge in [-0.3, -0.25) is 0 Å². The van der Waals surface area contributed by atoms with Gasteiger partial charge in [-0.15, -0.1) is 0 Å². The molecule has 0 fully saturated rings. The van der Waals surface area contributed by atoms with Gasteiger partial charge in [0.1, 0.15) is 30.2 Å². The summed E-state index contributed by atoms with van der Waals surface area (Å²) in [5, 5.41) is 47.1. The number of aliphatic hydroxyl groups excluding tert-OH is 5. The van der Waals surface area contributed by atoms with E-state index in [0.29, 0.717) is 0 Å². The third kappa shape index (κ3) is 3.62. The third-order valence-electron chi connectivity index (χ3n) is 3.36. The number of halogens is 3. The maximum atomic E-state index is 12.6. The molecule has 1 aromatic carbocycles. The number of rotatable bonds is 5. The van der Waals surface area contributed by atoms with Crippen LogP contribution >= 0.6 is 0 Å². The zero-order valence-electron chi connectivity index (χ0n) is 11.6. The summed E-state index contributed by atoms with van der Waals surface area (Å²) in [6, 6.07) is 2.72. The molecule has 0 amide bonds. The fourth-order valence-electron chi connectivity index (χ4n) is 2.03. The Hall–Kier alpha value is -1.72. The lowest BCUT2D eigenvalue weighted by Gasteiger charge is -2.24. The SMILES string of the molecule is OCC(O)[C@@H](O)C(O)[C@@H](O)c1nc2cc(C(F)(F)F)ccc2[nH]1. The van der Waals surface area contributed by atoms with Gasteiger partial charge in [-0.25, -0.2) is 4.98 Å². The average Bonchev–Trinajstić information content (AvgIpc) is 2.94. The monoisotopic (exact) mass is 336 g/mol. The molecule has 1 heterocycles. The molecule has 4 atom stereocenters. The molecule has 1 aromatic heterocycles. The molecular weight excluding hydrogens is 321 g/mol. The quantitative estimate of drug-likeness (QED) is 0.444. The van der Waals surface area contributed by atoms with Gasteiger partial charge in [0.2, 0.25) is 0 Å². The molecule has 0 aliphatic heterocycles. The van der Waals surface area contributed by atoms with Gasteiger partial charge < -0.3 is 30.5 Å². The largest absolute Gasteiger partial charge is 0.416 e. The minimum Gasteiger partial charge on any atom is -0.394 e. The second-order valence-corrected chi connectivity index (χ2v) is 5.03. The van der Waals surface area contributed by atoms with Gasteiger partial charge in [-0.1, -0.05) is 0 Å². The van der Waals surface area contributed by atoms with Gasteiger partial charge in [0, 0.05) is 0 Å². The smallest absolute Gasteiger partial charge is 0.394 e. The first-order valence-electron chi connectivity index (χ1n) is 6.55. The highest BCUT2D eigenvalue weighted by Crippen LogP contribution is 2.31. The first-order chi connectivity index (χ1) is 10.6. The van der Waals surface area contributed by atoms with Gasteiger partial charge in [0.25, 0.3) is 0 Å². The van der Waals surface area contributed by atoms with Crippen molar-refractivity contribution in [1.82, 2.24) is 9.97 Å². The van der Waals surface area contributed by atoms with Gasteiger partial charge in [0.15, 0.2) is 0 Å². The van der Waals surface area contributed by atoms with E-state index in [2.05, 4.69) is 9.97 Å². The van der Waals surface area contributed by atoms with Crippen molar-refractivity contribution >= 4 is 11.0 Å². The Morgan fingerprint density at radius 1 is 1.09 bits per heavy atom. The summed E-state index contributed by atoms with van der Waals surface area (Å²) in [6.45, 7) is -0.847. The molecule has 0 spiro atoms. The topological polar surface area (TPSA) is 130 Å². The van der Waals surface area contributed by atoms with Crippen molar-refractivity contribution in [2.45, 2.75) is 30.6 Å². The molecule has 0 saturated heterocycles. The van der Waals surface area contributed by atoms with Crippen LogP contribution in [0.5, 0.6) is 0 Å². The number of alkyl halides is 3. The number of nitrogens with one attached hydrogen (secondary N) is 1. The Labute approximate surface area is 127 Å². The second kappa shape index (κ2) is 6.42. The van der Waals surface area contributed by atoms with Crippen molar-refractivity contribution in [2.75, 3.05) is 6.61 Å². The van der Waals surface area contributed by atoms with Crippen LogP contribution in [0.2, 0.25) is 0 Å². The van der Waals surface area contributed by atoms with E-state index in [0.717, 1.165) is 18.2 Å². The third-order valence-corrected chi connectivity index (χ3v) is 3.36. The van der Waals surface area contributed by atoms with Crippen LogP contribution in [-0.4, -0.2) is 60.4 Å². The number of fused-ring (bicyclic) bond motifs is 1. The van der Waals surface area contributed by atoms with Gasteiger partial charge in [-0.2, -0.15) is 13.2 Å². The van der Waals surface area contributed by atoms with Crippen LogP contribution in [0.25, 0.3) is 11.0 Å². The van der Waals surface area contributed by atoms with Gasteiger partial charge in [-0.05, 0) is 18.2 Å². The highest BCUT2D eigenvalue weighted by molar-refractivity contribution is 5.76. The Kier molecular flexibility index (Phi) is 4.92. The Balaban J connectivity index is 2.29. The lowest BCUT2D eigenvalue weighted by molar-refractivity contribution is -0.137. The number of imidazole rings is 1. The fraction of sp³-hybridized carbons (Fsp3) is 0.462. The normalized spacial score (nSPS) is 17.9. The first-order valence-corrected chi connectivity index (χ1v) is 6.55. The molecule has 0 bridgehead atoms. The molecule has 2 unspecified atom stereocenters. The molecule has 0 aliphatic carbocycles. The predicted molar refractivity (Wildman–Crippen MR) is 71.2 cm³/mol. The van der Waals surface area contributed by atoms with Gasteiger partial charge >= 0.3 is 6.18 Å². The van der Waals surface area contributed by atoms with E-state index in [1.807, 2.05) is 0 Å². The van der Waals surface area contributed by atoms with E-state index in [-0.39, 0.29) is 16.9 Å². The van der Waals surface area contributed by atoms with Crippen LogP contribution in [0.4, 0.5) is 13.2 Å². The van der Waals surface area contributed by atoms with Crippen LogP contribution in [0.1, 0.15) is 17.5 Å². The molecule has 0 radical (unpaired) electrons. The average molecular weight is 336 g/mol. The van der Waals surface area contributed by atoms with E-state index >= 15 is 0 Å². The summed E-state index contributed by atoms with van der Waals surface area (Å²) in [5.74, 6) is -0.281. The number of hydrogen-bond donors (Lipinski definition) is 6. The number of aromatic nitrogens is 2. The Bertz CT molecular complexity index is 675. The number of benzene rings is 1. The van der Waals surface area contributed by atoms with E-state index < -0.39 is 42.8 Å². The second-order valence-electron chi connectivity index (χ2n) is 5.03. The molecule has 2 aromatic rings. The summed E-state index contributed by atoms with van der Waals surface area (Å²) < 4.78 is 37.9. The van der Waals surface area contributed by atoms with Crippen molar-refractivity contribution in [1.29, 1.82) is 0 Å². The zero-order valence-corrected chi connectivity index (χ0v) is 11.6. The lowest BCUT2D eigenvalue weighted by Crippen LogP contribution is -2.42. The van der Waals surface area contributed by atoms with Crippen molar-refractivity contribution in [3.8, 4) is 0 Å². The van der Waals surface area contributed by atoms with Gasteiger partial charge in [0.05, 0.1) is 23.2 Å². The minimum atomic E-state index is -4.55. The molecule has 0 aliphatic rings. The molecule has 7 nitrogen and oxygen atoms in total. The highest BCUT2D eigenvalue weighted by atomic mass is 19.4. The summed E-state index contributed by atoms with van der Waals surface area (Å²) in [6.07, 6.45) is -11.8. The molecule has 6 N–H and O–H groups in total. The summed E-state index contributed by atoms with van der Waals surface area (Å²) in [5.41, 5.74) is -0.816. The fourth-order valence-corrected chi connectivity index (χ4v) is 2.03. The number of aromatic amines is 1. The number of nitrogens with zero attached hydrogens (tertiary/aromatic N) is 1. The van der Waals surface area contributed by atoms with Crippen molar-refractivity contribution < 1.29 is 38.7 Å². The molecule has 10 heteroatoms. The maximum absolute atomic E-state index is 12.6. The summed E-state index contributed by atoms with van der Waals surface area (Å²) in [7, 11) is 0. The van der Waals surface area contributed by atoms with Crippen molar-refractivity contribution in [2.24, 2.45) is 0 Å². The molecular formula is C13H15F3N2O5. The number of H-pyrrole nitrogens is 1. The van der Waals surface area contributed by atoms with E-state index in [1.54, 1.807) is 0 Å². The predicted octanol–water partition coefficient (Wildman–Crippen LogP) is -0.310. The van der Waals surface area contributed by atoms with Crippen molar-refractivity contribution in [3.63, 3.8) is 0 Å².